The number of carbonyl (C=O) groups is 1. The Hall–Kier alpha value is -4.17. The molecule has 188 valence electrons. The van der Waals surface area contributed by atoms with Gasteiger partial charge >= 0.3 is 0 Å². The minimum atomic E-state index is -0.165. The fourth-order valence-electron chi connectivity index (χ4n) is 4.67. The summed E-state index contributed by atoms with van der Waals surface area (Å²) in [5, 5.41) is 7.04. The number of amides is 1. The maximum atomic E-state index is 12.8. The molecule has 2 aromatic heterocycles. The van der Waals surface area contributed by atoms with Gasteiger partial charge in [0.05, 0.1) is 24.4 Å². The number of para-hydroxylation sites is 1. The molecule has 0 radical (unpaired) electrons. The summed E-state index contributed by atoms with van der Waals surface area (Å²) in [5.41, 5.74) is 3.74. The zero-order valence-corrected chi connectivity index (χ0v) is 21.4. The van der Waals surface area contributed by atoms with E-state index in [1.807, 2.05) is 92.0 Å². The smallest absolute Gasteiger partial charge is 0.226 e. The van der Waals surface area contributed by atoms with Gasteiger partial charge < -0.3 is 24.8 Å². The van der Waals surface area contributed by atoms with E-state index >= 15 is 0 Å². The predicted molar refractivity (Wildman–Crippen MR) is 149 cm³/mol. The van der Waals surface area contributed by atoms with Crippen LogP contribution in [0.2, 0.25) is 0 Å². The van der Waals surface area contributed by atoms with Crippen molar-refractivity contribution in [3.63, 3.8) is 0 Å². The molecule has 2 N–H and O–H groups in total. The van der Waals surface area contributed by atoms with Crippen LogP contribution in [0.1, 0.15) is 36.8 Å². The number of ether oxygens (including phenoxy) is 1. The second-order valence-electron chi connectivity index (χ2n) is 8.71. The number of hydrogen-bond donors (Lipinski definition) is 2. The SMILES string of the molecule is CCOc1ccc(-n2cccc2[C@@H]2[C@H](c3ccccn3)NC(=S)N2CCC(=O)Nc2ccccc2)cc1. The lowest BCUT2D eigenvalue weighted by Gasteiger charge is -2.29. The summed E-state index contributed by atoms with van der Waals surface area (Å²) < 4.78 is 7.78. The number of anilines is 1. The van der Waals surface area contributed by atoms with Crippen molar-refractivity contribution in [3.05, 3.63) is 109 Å². The molecule has 0 unspecified atom stereocenters. The Bertz CT molecular complexity index is 1340. The van der Waals surface area contributed by atoms with Gasteiger partial charge in [0.25, 0.3) is 0 Å². The number of pyridine rings is 1. The number of rotatable bonds is 9. The van der Waals surface area contributed by atoms with Crippen molar-refractivity contribution in [2.24, 2.45) is 0 Å². The first kappa shape index (κ1) is 24.5. The van der Waals surface area contributed by atoms with Gasteiger partial charge in [-0.15, -0.1) is 0 Å². The second kappa shape index (κ2) is 11.3. The van der Waals surface area contributed by atoms with Crippen LogP contribution in [0.3, 0.4) is 0 Å². The maximum absolute atomic E-state index is 12.8. The average Bonchev–Trinajstić information content (AvgIpc) is 3.53. The zero-order chi connectivity index (χ0) is 25.6. The van der Waals surface area contributed by atoms with Crippen LogP contribution in [0.5, 0.6) is 5.75 Å². The van der Waals surface area contributed by atoms with E-state index in [1.54, 1.807) is 6.20 Å². The van der Waals surface area contributed by atoms with E-state index in [9.17, 15) is 4.79 Å². The largest absolute Gasteiger partial charge is 0.494 e. The van der Waals surface area contributed by atoms with Crippen LogP contribution in [0, 0.1) is 0 Å². The number of carbonyl (C=O) groups excluding carboxylic acids is 1. The normalized spacial score (nSPS) is 16.9. The molecule has 5 rings (SSSR count). The molecular formula is C29H29N5O2S. The van der Waals surface area contributed by atoms with E-state index in [-0.39, 0.29) is 18.0 Å². The zero-order valence-electron chi connectivity index (χ0n) is 20.6. The molecule has 2 aromatic carbocycles. The molecule has 4 aromatic rings. The van der Waals surface area contributed by atoms with Crippen molar-refractivity contribution < 1.29 is 9.53 Å². The number of nitrogens with zero attached hydrogens (tertiary/aromatic N) is 3. The minimum absolute atomic E-state index is 0.0593. The predicted octanol–water partition coefficient (Wildman–Crippen LogP) is 5.27. The van der Waals surface area contributed by atoms with Crippen molar-refractivity contribution >= 4 is 28.9 Å². The maximum Gasteiger partial charge on any atom is 0.226 e. The van der Waals surface area contributed by atoms with E-state index in [0.29, 0.717) is 24.7 Å². The lowest BCUT2D eigenvalue weighted by Crippen LogP contribution is -2.33. The van der Waals surface area contributed by atoms with Gasteiger partial charge in [-0.05, 0) is 79.8 Å². The fraction of sp³-hybridized carbons (Fsp3) is 0.207. The van der Waals surface area contributed by atoms with Crippen LogP contribution in [-0.4, -0.2) is 38.6 Å². The summed E-state index contributed by atoms with van der Waals surface area (Å²) in [7, 11) is 0. The van der Waals surface area contributed by atoms with Crippen LogP contribution in [-0.2, 0) is 4.79 Å². The Morgan fingerprint density at radius 2 is 1.81 bits per heavy atom. The van der Waals surface area contributed by atoms with Crippen molar-refractivity contribution in [1.29, 1.82) is 0 Å². The highest BCUT2D eigenvalue weighted by Gasteiger charge is 2.41. The van der Waals surface area contributed by atoms with E-state index in [0.717, 1.165) is 28.5 Å². The number of benzene rings is 2. The summed E-state index contributed by atoms with van der Waals surface area (Å²) in [4.78, 5) is 19.5. The second-order valence-corrected chi connectivity index (χ2v) is 9.10. The molecule has 2 atom stereocenters. The molecule has 1 aliphatic rings. The van der Waals surface area contributed by atoms with Crippen LogP contribution < -0.4 is 15.4 Å². The van der Waals surface area contributed by atoms with Gasteiger partial charge in [0.2, 0.25) is 5.91 Å². The molecule has 0 saturated carbocycles. The molecule has 0 aliphatic carbocycles. The summed E-state index contributed by atoms with van der Waals surface area (Å²) in [6.45, 7) is 3.06. The van der Waals surface area contributed by atoms with Crippen molar-refractivity contribution in [3.8, 4) is 11.4 Å². The first-order valence-electron chi connectivity index (χ1n) is 12.4. The highest BCUT2D eigenvalue weighted by atomic mass is 32.1. The Balaban J connectivity index is 1.43. The molecule has 1 amide bonds. The van der Waals surface area contributed by atoms with Gasteiger partial charge in [0.15, 0.2) is 5.11 Å². The summed E-state index contributed by atoms with van der Waals surface area (Å²) in [5.74, 6) is 0.775. The van der Waals surface area contributed by atoms with E-state index in [1.165, 1.54) is 0 Å². The van der Waals surface area contributed by atoms with Gasteiger partial charge in [-0.2, -0.15) is 0 Å². The Morgan fingerprint density at radius 3 is 2.54 bits per heavy atom. The summed E-state index contributed by atoms with van der Waals surface area (Å²) in [6.07, 6.45) is 4.13. The van der Waals surface area contributed by atoms with Gasteiger partial charge in [-0.25, -0.2) is 0 Å². The quantitative estimate of drug-likeness (QED) is 0.298. The van der Waals surface area contributed by atoms with Crippen molar-refractivity contribution in [2.75, 3.05) is 18.5 Å². The Labute approximate surface area is 222 Å². The number of nitrogens with one attached hydrogen (secondary N) is 2. The molecule has 8 heteroatoms. The lowest BCUT2D eigenvalue weighted by molar-refractivity contribution is -0.116. The van der Waals surface area contributed by atoms with Gasteiger partial charge in [0, 0.05) is 42.4 Å². The topological polar surface area (TPSA) is 71.4 Å². The highest BCUT2D eigenvalue weighted by molar-refractivity contribution is 7.80. The number of aromatic nitrogens is 2. The lowest BCUT2D eigenvalue weighted by atomic mass is 10.0. The van der Waals surface area contributed by atoms with Gasteiger partial charge in [-0.1, -0.05) is 24.3 Å². The molecule has 37 heavy (non-hydrogen) atoms. The third-order valence-corrected chi connectivity index (χ3v) is 6.70. The summed E-state index contributed by atoms with van der Waals surface area (Å²) >= 11 is 5.79. The van der Waals surface area contributed by atoms with Gasteiger partial charge in [-0.3, -0.25) is 9.78 Å². The molecule has 0 bridgehead atoms. The molecule has 3 heterocycles. The number of hydrogen-bond acceptors (Lipinski definition) is 4. The average molecular weight is 512 g/mol. The molecule has 0 spiro atoms. The Morgan fingerprint density at radius 1 is 1.03 bits per heavy atom. The van der Waals surface area contributed by atoms with Crippen LogP contribution >= 0.6 is 12.2 Å². The van der Waals surface area contributed by atoms with Crippen LogP contribution in [0.25, 0.3) is 5.69 Å². The third-order valence-electron chi connectivity index (χ3n) is 6.34. The minimum Gasteiger partial charge on any atom is -0.494 e. The first-order valence-corrected chi connectivity index (χ1v) is 12.8. The summed E-state index contributed by atoms with van der Waals surface area (Å²) in [6, 6.07) is 27.2. The highest BCUT2D eigenvalue weighted by Crippen LogP contribution is 2.39. The Kier molecular flexibility index (Phi) is 7.46. The standard InChI is InChI=1S/C29H29N5O2S/c1-2-36-23-15-13-22(14-16-23)33-19-8-12-25(33)28-27(24-11-6-7-18-30-24)32-29(37)34(28)20-17-26(35)31-21-9-4-3-5-10-21/h3-16,18-19,27-28H,2,17,20H2,1H3,(H,31,35)(H,32,37)/t27-,28+/m0/s1. The number of thiocarbonyl (C=S) groups is 1. The van der Waals surface area contributed by atoms with Crippen molar-refractivity contribution in [1.82, 2.24) is 19.8 Å². The molecule has 1 saturated heterocycles. The molecule has 1 fully saturated rings. The first-order chi connectivity index (χ1) is 18.1. The van der Waals surface area contributed by atoms with Crippen LogP contribution in [0.4, 0.5) is 5.69 Å². The van der Waals surface area contributed by atoms with Crippen molar-refractivity contribution in [2.45, 2.75) is 25.4 Å². The third kappa shape index (κ3) is 5.49. The van der Waals surface area contributed by atoms with Crippen LogP contribution in [0.15, 0.2) is 97.3 Å². The van der Waals surface area contributed by atoms with Gasteiger partial charge in [0.1, 0.15) is 5.75 Å². The fourth-order valence-corrected chi connectivity index (χ4v) is 5.01. The molecule has 7 nitrogen and oxygen atoms in total. The van der Waals surface area contributed by atoms with E-state index < -0.39 is 0 Å². The monoisotopic (exact) mass is 511 g/mol. The molecular weight excluding hydrogens is 482 g/mol. The molecule has 1 aliphatic heterocycles. The van der Waals surface area contributed by atoms with E-state index in [4.69, 9.17) is 17.0 Å². The van der Waals surface area contributed by atoms with E-state index in [2.05, 4.69) is 31.2 Å².